The highest BCUT2D eigenvalue weighted by Gasteiger charge is 2.26. The molecule has 2 atom stereocenters. The molecule has 1 aliphatic heterocycles. The van der Waals surface area contributed by atoms with Crippen molar-refractivity contribution in [3.63, 3.8) is 0 Å². The van der Waals surface area contributed by atoms with E-state index in [2.05, 4.69) is 0 Å². The lowest BCUT2D eigenvalue weighted by molar-refractivity contribution is 0.391. The molecule has 1 fully saturated rings. The Bertz CT molecular complexity index is 366. The van der Waals surface area contributed by atoms with Crippen LogP contribution in [0, 0.1) is 11.7 Å². The number of hydrogen-bond donors (Lipinski definition) is 1. The molecule has 0 bridgehead atoms. The maximum absolute atomic E-state index is 13.2. The van der Waals surface area contributed by atoms with E-state index < -0.39 is 0 Å². The van der Waals surface area contributed by atoms with Gasteiger partial charge in [0.2, 0.25) is 0 Å². The number of hydrogen-bond acceptors (Lipinski definition) is 3. The van der Waals surface area contributed by atoms with Gasteiger partial charge in [-0.2, -0.15) is 11.8 Å². The van der Waals surface area contributed by atoms with Gasteiger partial charge in [0, 0.05) is 11.6 Å². The highest BCUT2D eigenvalue weighted by molar-refractivity contribution is 7.99. The highest BCUT2D eigenvalue weighted by Crippen LogP contribution is 2.36. The van der Waals surface area contributed by atoms with Gasteiger partial charge in [0.25, 0.3) is 0 Å². The minimum absolute atomic E-state index is 0.124. The fourth-order valence-corrected chi connectivity index (χ4v) is 3.37. The normalized spacial score (nSPS) is 22.1. The SMILES string of the molecule is COc1ccc(F)cc1C(N)C1CCSC1. The van der Waals surface area contributed by atoms with Gasteiger partial charge < -0.3 is 10.5 Å². The van der Waals surface area contributed by atoms with E-state index in [0.717, 1.165) is 23.5 Å². The molecule has 88 valence electrons. The molecule has 1 aromatic rings. The Morgan fingerprint density at radius 1 is 1.56 bits per heavy atom. The molecular formula is C12H16FNOS. The van der Waals surface area contributed by atoms with Gasteiger partial charge >= 0.3 is 0 Å². The predicted molar refractivity (Wildman–Crippen MR) is 65.3 cm³/mol. The summed E-state index contributed by atoms with van der Waals surface area (Å²) in [7, 11) is 1.59. The van der Waals surface area contributed by atoms with E-state index in [1.807, 2.05) is 11.8 Å². The van der Waals surface area contributed by atoms with Gasteiger partial charge in [-0.3, -0.25) is 0 Å². The van der Waals surface area contributed by atoms with Crippen molar-refractivity contribution in [2.75, 3.05) is 18.6 Å². The lowest BCUT2D eigenvalue weighted by Gasteiger charge is -2.20. The number of nitrogens with two attached hydrogens (primary N) is 1. The van der Waals surface area contributed by atoms with Crippen molar-refractivity contribution in [1.29, 1.82) is 0 Å². The number of rotatable bonds is 3. The average molecular weight is 241 g/mol. The van der Waals surface area contributed by atoms with E-state index in [1.165, 1.54) is 12.1 Å². The number of benzene rings is 1. The molecule has 0 saturated carbocycles. The van der Waals surface area contributed by atoms with Crippen molar-refractivity contribution in [3.05, 3.63) is 29.6 Å². The highest BCUT2D eigenvalue weighted by atomic mass is 32.2. The molecule has 2 N–H and O–H groups in total. The van der Waals surface area contributed by atoms with Crippen LogP contribution in [0.4, 0.5) is 4.39 Å². The predicted octanol–water partition coefficient (Wildman–Crippen LogP) is 2.59. The van der Waals surface area contributed by atoms with Crippen LogP contribution in [0.1, 0.15) is 18.0 Å². The zero-order valence-corrected chi connectivity index (χ0v) is 10.1. The number of halogens is 1. The van der Waals surface area contributed by atoms with Crippen LogP contribution in [0.15, 0.2) is 18.2 Å². The average Bonchev–Trinajstić information content (AvgIpc) is 2.81. The molecule has 2 rings (SSSR count). The van der Waals surface area contributed by atoms with Crippen molar-refractivity contribution in [2.24, 2.45) is 11.7 Å². The van der Waals surface area contributed by atoms with Crippen molar-refractivity contribution >= 4 is 11.8 Å². The van der Waals surface area contributed by atoms with Crippen LogP contribution in [-0.2, 0) is 0 Å². The monoisotopic (exact) mass is 241 g/mol. The summed E-state index contributed by atoms with van der Waals surface area (Å²) in [5, 5.41) is 0. The molecule has 2 unspecified atom stereocenters. The Kier molecular flexibility index (Phi) is 3.71. The molecule has 1 heterocycles. The first kappa shape index (κ1) is 11.7. The number of methoxy groups -OCH3 is 1. The Labute approximate surface area is 99.4 Å². The summed E-state index contributed by atoms with van der Waals surface area (Å²) in [5.41, 5.74) is 6.97. The van der Waals surface area contributed by atoms with Crippen molar-refractivity contribution in [3.8, 4) is 5.75 Å². The first-order valence-electron chi connectivity index (χ1n) is 5.39. The van der Waals surface area contributed by atoms with Gasteiger partial charge in [0.1, 0.15) is 11.6 Å². The van der Waals surface area contributed by atoms with Gasteiger partial charge in [-0.25, -0.2) is 4.39 Å². The summed E-state index contributed by atoms with van der Waals surface area (Å²) < 4.78 is 18.4. The van der Waals surface area contributed by atoms with E-state index in [1.54, 1.807) is 13.2 Å². The maximum Gasteiger partial charge on any atom is 0.123 e. The zero-order chi connectivity index (χ0) is 11.5. The molecule has 1 saturated heterocycles. The van der Waals surface area contributed by atoms with Crippen LogP contribution in [0.3, 0.4) is 0 Å². The molecule has 0 aliphatic carbocycles. The molecular weight excluding hydrogens is 225 g/mol. The summed E-state index contributed by atoms with van der Waals surface area (Å²) >= 11 is 1.91. The van der Waals surface area contributed by atoms with Crippen molar-refractivity contribution < 1.29 is 9.13 Å². The van der Waals surface area contributed by atoms with Crippen LogP contribution >= 0.6 is 11.8 Å². The Morgan fingerprint density at radius 3 is 3.00 bits per heavy atom. The largest absolute Gasteiger partial charge is 0.496 e. The van der Waals surface area contributed by atoms with Crippen LogP contribution in [0.5, 0.6) is 5.75 Å². The van der Waals surface area contributed by atoms with Crippen LogP contribution < -0.4 is 10.5 Å². The molecule has 1 aromatic carbocycles. The van der Waals surface area contributed by atoms with E-state index in [-0.39, 0.29) is 11.9 Å². The summed E-state index contributed by atoms with van der Waals surface area (Å²) in [6.07, 6.45) is 1.10. The molecule has 16 heavy (non-hydrogen) atoms. The fraction of sp³-hybridized carbons (Fsp3) is 0.500. The third kappa shape index (κ3) is 2.33. The van der Waals surface area contributed by atoms with E-state index in [4.69, 9.17) is 10.5 Å². The Hall–Kier alpha value is -0.740. The van der Waals surface area contributed by atoms with E-state index >= 15 is 0 Å². The van der Waals surface area contributed by atoms with Gasteiger partial charge in [0.05, 0.1) is 7.11 Å². The van der Waals surface area contributed by atoms with Gasteiger partial charge in [0.15, 0.2) is 0 Å². The topological polar surface area (TPSA) is 35.2 Å². The van der Waals surface area contributed by atoms with Crippen molar-refractivity contribution in [1.82, 2.24) is 0 Å². The fourth-order valence-electron chi connectivity index (χ4n) is 2.06. The third-order valence-electron chi connectivity index (χ3n) is 3.02. The quantitative estimate of drug-likeness (QED) is 0.883. The molecule has 0 aromatic heterocycles. The van der Waals surface area contributed by atoms with Crippen LogP contribution in [0.25, 0.3) is 0 Å². The van der Waals surface area contributed by atoms with Crippen molar-refractivity contribution in [2.45, 2.75) is 12.5 Å². The molecule has 0 amide bonds. The molecule has 0 spiro atoms. The second kappa shape index (κ2) is 5.06. The first-order chi connectivity index (χ1) is 7.72. The molecule has 0 radical (unpaired) electrons. The van der Waals surface area contributed by atoms with E-state index in [9.17, 15) is 4.39 Å². The lowest BCUT2D eigenvalue weighted by Crippen LogP contribution is -2.21. The Morgan fingerprint density at radius 2 is 2.38 bits per heavy atom. The summed E-state index contributed by atoms with van der Waals surface area (Å²) in [6.45, 7) is 0. The zero-order valence-electron chi connectivity index (χ0n) is 9.28. The second-order valence-corrected chi connectivity index (χ2v) is 5.19. The maximum atomic E-state index is 13.2. The van der Waals surface area contributed by atoms with E-state index in [0.29, 0.717) is 11.7 Å². The van der Waals surface area contributed by atoms with Gasteiger partial charge in [-0.1, -0.05) is 0 Å². The number of thioether (sulfide) groups is 1. The summed E-state index contributed by atoms with van der Waals surface area (Å²) in [4.78, 5) is 0. The third-order valence-corrected chi connectivity index (χ3v) is 4.21. The van der Waals surface area contributed by atoms with Gasteiger partial charge in [-0.15, -0.1) is 0 Å². The molecule has 4 heteroatoms. The first-order valence-corrected chi connectivity index (χ1v) is 6.54. The molecule has 2 nitrogen and oxygen atoms in total. The van der Waals surface area contributed by atoms with Gasteiger partial charge in [-0.05, 0) is 42.0 Å². The van der Waals surface area contributed by atoms with Crippen LogP contribution in [-0.4, -0.2) is 18.6 Å². The van der Waals surface area contributed by atoms with Crippen LogP contribution in [0.2, 0.25) is 0 Å². The standard InChI is InChI=1S/C12H16FNOS/c1-15-11-3-2-9(13)6-10(11)12(14)8-4-5-16-7-8/h2-3,6,8,12H,4-5,7,14H2,1H3. The smallest absolute Gasteiger partial charge is 0.123 e. The minimum atomic E-state index is -0.253. The molecule has 1 aliphatic rings. The Balaban J connectivity index is 2.26. The minimum Gasteiger partial charge on any atom is -0.496 e. The second-order valence-electron chi connectivity index (χ2n) is 4.04. The summed E-state index contributed by atoms with van der Waals surface area (Å²) in [5.74, 6) is 3.07. The summed E-state index contributed by atoms with van der Waals surface area (Å²) in [6, 6.07) is 4.41. The lowest BCUT2D eigenvalue weighted by atomic mass is 9.92. The number of ether oxygens (including phenoxy) is 1.